The van der Waals surface area contributed by atoms with Gasteiger partial charge < -0.3 is 10.6 Å². The van der Waals surface area contributed by atoms with Crippen molar-refractivity contribution in [3.63, 3.8) is 0 Å². The summed E-state index contributed by atoms with van der Waals surface area (Å²) in [5.74, 6) is -0.203. The minimum atomic E-state index is -4.07. The minimum Gasteiger partial charge on any atom is -0.355 e. The number of carbonyl (C=O) groups is 1. The molecule has 0 unspecified atom stereocenters. The molecule has 1 fully saturated rings. The monoisotopic (exact) mass is 326 g/mol. The van der Waals surface area contributed by atoms with E-state index in [1.807, 2.05) is 18.2 Å². The molecule has 0 bridgehead atoms. The van der Waals surface area contributed by atoms with Gasteiger partial charge >= 0.3 is 0 Å². The third kappa shape index (κ3) is 5.08. The topological polar surface area (TPSA) is 95.5 Å². The largest absolute Gasteiger partial charge is 0.355 e. The van der Waals surface area contributed by atoms with Gasteiger partial charge in [0, 0.05) is 13.1 Å². The highest BCUT2D eigenvalue weighted by molar-refractivity contribution is 7.86. The lowest BCUT2D eigenvalue weighted by Crippen LogP contribution is -2.40. The van der Waals surface area contributed by atoms with E-state index in [9.17, 15) is 13.2 Å². The zero-order chi connectivity index (χ0) is 16.0. The average molecular weight is 326 g/mol. The standard InChI is InChI=1S/C15H22N2O4S/c18-15(14-10-13(11-17-14)22(19,20)21)16-9-5-4-8-12-6-2-1-3-7-12/h1-3,6-7,13-14,17H,4-5,8-11H2,(H,16,18)(H,19,20,21)/t13-,14-/m0/s1. The van der Waals surface area contributed by atoms with Crippen molar-refractivity contribution in [2.75, 3.05) is 13.1 Å². The fourth-order valence-corrected chi connectivity index (χ4v) is 3.31. The van der Waals surface area contributed by atoms with Crippen LogP contribution in [-0.2, 0) is 21.3 Å². The van der Waals surface area contributed by atoms with E-state index in [0.717, 1.165) is 19.3 Å². The van der Waals surface area contributed by atoms with E-state index in [-0.39, 0.29) is 18.9 Å². The maximum Gasteiger partial charge on any atom is 0.269 e. The van der Waals surface area contributed by atoms with Gasteiger partial charge in [0.25, 0.3) is 10.1 Å². The summed E-state index contributed by atoms with van der Waals surface area (Å²) in [6, 6.07) is 9.62. The van der Waals surface area contributed by atoms with Gasteiger partial charge in [0.2, 0.25) is 5.91 Å². The molecule has 1 amide bonds. The Morgan fingerprint density at radius 2 is 2.00 bits per heavy atom. The smallest absolute Gasteiger partial charge is 0.269 e. The van der Waals surface area contributed by atoms with Crippen molar-refractivity contribution < 1.29 is 17.8 Å². The van der Waals surface area contributed by atoms with Gasteiger partial charge in [-0.25, -0.2) is 0 Å². The van der Waals surface area contributed by atoms with E-state index < -0.39 is 21.4 Å². The molecule has 1 aromatic carbocycles. The van der Waals surface area contributed by atoms with Gasteiger partial charge in [0.15, 0.2) is 0 Å². The Bertz CT molecular complexity index is 589. The summed E-state index contributed by atoms with van der Waals surface area (Å²) in [5, 5.41) is 4.75. The lowest BCUT2D eigenvalue weighted by atomic mass is 10.1. The van der Waals surface area contributed by atoms with Crippen molar-refractivity contribution in [2.45, 2.75) is 37.0 Å². The number of hydrogen-bond acceptors (Lipinski definition) is 4. The van der Waals surface area contributed by atoms with Gasteiger partial charge in [0.05, 0.1) is 6.04 Å². The van der Waals surface area contributed by atoms with Crippen molar-refractivity contribution in [3.05, 3.63) is 35.9 Å². The van der Waals surface area contributed by atoms with Gasteiger partial charge in [-0.05, 0) is 31.2 Å². The van der Waals surface area contributed by atoms with Crippen LogP contribution in [0.4, 0.5) is 0 Å². The van der Waals surface area contributed by atoms with Gasteiger partial charge in [-0.3, -0.25) is 9.35 Å². The Labute approximate surface area is 131 Å². The van der Waals surface area contributed by atoms with Crippen LogP contribution in [0.25, 0.3) is 0 Å². The Kier molecular flexibility index (Phi) is 5.93. The number of nitrogens with one attached hydrogen (secondary N) is 2. The lowest BCUT2D eigenvalue weighted by Gasteiger charge is -2.11. The number of aryl methyl sites for hydroxylation is 1. The van der Waals surface area contributed by atoms with E-state index >= 15 is 0 Å². The fourth-order valence-electron chi connectivity index (χ4n) is 2.56. The summed E-state index contributed by atoms with van der Waals surface area (Å²) < 4.78 is 31.0. The third-order valence-electron chi connectivity index (χ3n) is 3.86. The molecule has 2 rings (SSSR count). The molecule has 2 atom stereocenters. The molecule has 0 aliphatic carbocycles. The molecule has 1 aromatic rings. The quantitative estimate of drug-likeness (QED) is 0.507. The second-order valence-electron chi connectivity index (χ2n) is 5.57. The maximum atomic E-state index is 11.9. The second-order valence-corrected chi connectivity index (χ2v) is 7.26. The molecule has 0 saturated carbocycles. The molecule has 0 radical (unpaired) electrons. The Morgan fingerprint density at radius 1 is 1.27 bits per heavy atom. The molecular weight excluding hydrogens is 304 g/mol. The van der Waals surface area contributed by atoms with Crippen molar-refractivity contribution in [1.29, 1.82) is 0 Å². The van der Waals surface area contributed by atoms with Crippen LogP contribution in [0.2, 0.25) is 0 Å². The number of rotatable bonds is 7. The van der Waals surface area contributed by atoms with Gasteiger partial charge in [-0.15, -0.1) is 0 Å². The van der Waals surface area contributed by atoms with E-state index in [4.69, 9.17) is 4.55 Å². The normalized spacial score (nSPS) is 21.7. The number of unbranched alkanes of at least 4 members (excludes halogenated alkanes) is 1. The molecule has 1 saturated heterocycles. The summed E-state index contributed by atoms with van der Waals surface area (Å²) in [7, 11) is -4.07. The average Bonchev–Trinajstić information content (AvgIpc) is 2.98. The third-order valence-corrected chi connectivity index (χ3v) is 5.06. The predicted molar refractivity (Wildman–Crippen MR) is 84.1 cm³/mol. The Hall–Kier alpha value is -1.44. The first kappa shape index (κ1) is 16.9. The van der Waals surface area contributed by atoms with Crippen LogP contribution in [-0.4, -0.2) is 43.3 Å². The lowest BCUT2D eigenvalue weighted by molar-refractivity contribution is -0.122. The second kappa shape index (κ2) is 7.71. The molecule has 3 N–H and O–H groups in total. The van der Waals surface area contributed by atoms with Crippen LogP contribution in [0.3, 0.4) is 0 Å². The van der Waals surface area contributed by atoms with Crippen LogP contribution in [0.15, 0.2) is 30.3 Å². The van der Waals surface area contributed by atoms with E-state index in [1.54, 1.807) is 0 Å². The molecule has 6 nitrogen and oxygen atoms in total. The van der Waals surface area contributed by atoms with E-state index in [2.05, 4.69) is 22.8 Å². The number of amides is 1. The molecule has 1 aliphatic rings. The summed E-state index contributed by atoms with van der Waals surface area (Å²) in [6.07, 6.45) is 2.95. The molecule has 0 spiro atoms. The van der Waals surface area contributed by atoms with Gasteiger partial charge in [0.1, 0.15) is 5.25 Å². The van der Waals surface area contributed by atoms with Crippen LogP contribution in [0, 0.1) is 0 Å². The SMILES string of the molecule is O=C(NCCCCc1ccccc1)[C@@H]1C[C@H](S(=O)(=O)O)CN1. The summed E-state index contributed by atoms with van der Waals surface area (Å²) >= 11 is 0. The maximum absolute atomic E-state index is 11.9. The highest BCUT2D eigenvalue weighted by Gasteiger charge is 2.36. The van der Waals surface area contributed by atoms with Crippen LogP contribution in [0.1, 0.15) is 24.8 Å². The fraction of sp³-hybridized carbons (Fsp3) is 0.533. The number of hydrogen-bond donors (Lipinski definition) is 3. The highest BCUT2D eigenvalue weighted by atomic mass is 32.2. The summed E-state index contributed by atoms with van der Waals surface area (Å²) in [5.41, 5.74) is 1.28. The van der Waals surface area contributed by atoms with Crippen molar-refractivity contribution in [3.8, 4) is 0 Å². The Morgan fingerprint density at radius 3 is 2.64 bits per heavy atom. The van der Waals surface area contributed by atoms with Crippen LogP contribution < -0.4 is 10.6 Å². The summed E-state index contributed by atoms with van der Waals surface area (Å²) in [4.78, 5) is 11.9. The van der Waals surface area contributed by atoms with Gasteiger partial charge in [-0.2, -0.15) is 8.42 Å². The zero-order valence-corrected chi connectivity index (χ0v) is 13.2. The first-order valence-electron chi connectivity index (χ1n) is 7.48. The molecule has 1 aliphatic heterocycles. The van der Waals surface area contributed by atoms with Crippen LogP contribution >= 0.6 is 0 Å². The molecule has 122 valence electrons. The van der Waals surface area contributed by atoms with Crippen LogP contribution in [0.5, 0.6) is 0 Å². The first-order chi connectivity index (χ1) is 10.5. The Balaban J connectivity index is 1.62. The van der Waals surface area contributed by atoms with Crippen molar-refractivity contribution in [1.82, 2.24) is 10.6 Å². The number of benzene rings is 1. The molecule has 1 heterocycles. The molecular formula is C15H22N2O4S. The zero-order valence-electron chi connectivity index (χ0n) is 12.4. The number of carbonyl (C=O) groups excluding carboxylic acids is 1. The predicted octanol–water partition coefficient (Wildman–Crippen LogP) is 0.744. The van der Waals surface area contributed by atoms with Crippen molar-refractivity contribution >= 4 is 16.0 Å². The molecule has 0 aromatic heterocycles. The first-order valence-corrected chi connectivity index (χ1v) is 8.98. The minimum absolute atomic E-state index is 0.116. The molecule has 7 heteroatoms. The van der Waals surface area contributed by atoms with E-state index in [0.29, 0.717) is 6.54 Å². The van der Waals surface area contributed by atoms with E-state index in [1.165, 1.54) is 5.56 Å². The van der Waals surface area contributed by atoms with Crippen molar-refractivity contribution in [2.24, 2.45) is 0 Å². The van der Waals surface area contributed by atoms with Gasteiger partial charge in [-0.1, -0.05) is 30.3 Å². The summed E-state index contributed by atoms with van der Waals surface area (Å²) in [6.45, 7) is 0.686. The molecule has 22 heavy (non-hydrogen) atoms. The highest BCUT2D eigenvalue weighted by Crippen LogP contribution is 2.14.